The Balaban J connectivity index is 0.000000492. The molecule has 0 atom stereocenters. The van der Waals surface area contributed by atoms with E-state index in [1.165, 1.54) is 6.42 Å². The zero-order valence-electron chi connectivity index (χ0n) is 11.1. The molecule has 0 spiro atoms. The van der Waals surface area contributed by atoms with Gasteiger partial charge in [0.1, 0.15) is 6.61 Å². The monoisotopic (exact) mass is 250 g/mol. The van der Waals surface area contributed by atoms with Gasteiger partial charge in [0.15, 0.2) is 0 Å². The van der Waals surface area contributed by atoms with Gasteiger partial charge in [-0.05, 0) is 18.4 Å². The number of hydrogen-bond acceptors (Lipinski definition) is 3. The molecule has 1 aliphatic rings. The second-order valence-corrected chi connectivity index (χ2v) is 4.62. The van der Waals surface area contributed by atoms with E-state index in [2.05, 4.69) is 13.8 Å². The van der Waals surface area contributed by atoms with Crippen molar-refractivity contribution in [3.63, 3.8) is 0 Å². The molecule has 1 saturated carbocycles. The first-order valence-corrected chi connectivity index (χ1v) is 6.56. The first-order chi connectivity index (χ1) is 8.67. The summed E-state index contributed by atoms with van der Waals surface area (Å²) in [6.45, 7) is 4.58. The Morgan fingerprint density at radius 3 is 2.33 bits per heavy atom. The van der Waals surface area contributed by atoms with Crippen LogP contribution in [0.25, 0.3) is 0 Å². The Kier molecular flexibility index (Phi) is 6.44. The van der Waals surface area contributed by atoms with E-state index >= 15 is 0 Å². The maximum absolute atomic E-state index is 11.4. The molecule has 0 amide bonds. The molecule has 1 aliphatic carbocycles. The molecule has 1 aromatic carbocycles. The SMILES string of the molecule is CCC.O=C(OCc1ccccc1)C1CC(O)C1. The van der Waals surface area contributed by atoms with E-state index in [1.54, 1.807) is 0 Å². The molecule has 18 heavy (non-hydrogen) atoms. The van der Waals surface area contributed by atoms with Gasteiger partial charge in [-0.15, -0.1) is 0 Å². The van der Waals surface area contributed by atoms with Gasteiger partial charge in [0.25, 0.3) is 0 Å². The summed E-state index contributed by atoms with van der Waals surface area (Å²) in [5.41, 5.74) is 0.991. The molecule has 0 unspecified atom stereocenters. The molecule has 2 rings (SSSR count). The number of hydrogen-bond donors (Lipinski definition) is 1. The quantitative estimate of drug-likeness (QED) is 0.839. The van der Waals surface area contributed by atoms with Crippen molar-refractivity contribution in [3.05, 3.63) is 35.9 Å². The minimum absolute atomic E-state index is 0.0938. The van der Waals surface area contributed by atoms with Crippen LogP contribution in [-0.4, -0.2) is 17.2 Å². The highest BCUT2D eigenvalue weighted by Crippen LogP contribution is 2.28. The maximum Gasteiger partial charge on any atom is 0.309 e. The van der Waals surface area contributed by atoms with E-state index in [1.807, 2.05) is 30.3 Å². The summed E-state index contributed by atoms with van der Waals surface area (Å²) in [5.74, 6) is -0.284. The summed E-state index contributed by atoms with van der Waals surface area (Å²) >= 11 is 0. The normalized spacial score (nSPS) is 21.3. The molecule has 1 N–H and O–H groups in total. The first kappa shape index (κ1) is 14.7. The largest absolute Gasteiger partial charge is 0.461 e. The van der Waals surface area contributed by atoms with Crippen LogP contribution in [0.5, 0.6) is 0 Å². The third kappa shape index (κ3) is 4.88. The molecule has 3 nitrogen and oxygen atoms in total. The highest BCUT2D eigenvalue weighted by molar-refractivity contribution is 5.73. The number of carbonyl (C=O) groups excluding carboxylic acids is 1. The lowest BCUT2D eigenvalue weighted by atomic mass is 9.83. The summed E-state index contributed by atoms with van der Waals surface area (Å²) in [6.07, 6.45) is 2.04. The molecule has 0 bridgehead atoms. The molecular weight excluding hydrogens is 228 g/mol. The first-order valence-electron chi connectivity index (χ1n) is 6.56. The molecule has 3 heteroatoms. The minimum Gasteiger partial charge on any atom is -0.461 e. The van der Waals surface area contributed by atoms with Crippen molar-refractivity contribution in [1.29, 1.82) is 0 Å². The lowest BCUT2D eigenvalue weighted by Crippen LogP contribution is -2.35. The minimum atomic E-state index is -0.306. The van der Waals surface area contributed by atoms with Crippen LogP contribution in [0.3, 0.4) is 0 Å². The van der Waals surface area contributed by atoms with Crippen LogP contribution >= 0.6 is 0 Å². The van der Waals surface area contributed by atoms with Crippen LogP contribution in [0.15, 0.2) is 30.3 Å². The lowest BCUT2D eigenvalue weighted by Gasteiger charge is -2.29. The van der Waals surface area contributed by atoms with Crippen LogP contribution in [-0.2, 0) is 16.1 Å². The van der Waals surface area contributed by atoms with E-state index in [9.17, 15) is 4.79 Å². The molecule has 100 valence electrons. The van der Waals surface area contributed by atoms with Crippen molar-refractivity contribution < 1.29 is 14.6 Å². The number of aliphatic hydroxyl groups is 1. The van der Waals surface area contributed by atoms with E-state index in [0.29, 0.717) is 19.4 Å². The topological polar surface area (TPSA) is 46.5 Å². The van der Waals surface area contributed by atoms with Gasteiger partial charge in [-0.3, -0.25) is 4.79 Å². The van der Waals surface area contributed by atoms with Crippen molar-refractivity contribution in [2.45, 2.75) is 45.8 Å². The number of rotatable bonds is 3. The van der Waals surface area contributed by atoms with E-state index < -0.39 is 0 Å². The van der Waals surface area contributed by atoms with Crippen molar-refractivity contribution in [1.82, 2.24) is 0 Å². The van der Waals surface area contributed by atoms with E-state index in [-0.39, 0.29) is 18.0 Å². The summed E-state index contributed by atoms with van der Waals surface area (Å²) in [7, 11) is 0. The highest BCUT2D eigenvalue weighted by atomic mass is 16.5. The third-order valence-corrected chi connectivity index (χ3v) is 2.67. The van der Waals surface area contributed by atoms with Gasteiger partial charge in [-0.2, -0.15) is 0 Å². The number of carbonyl (C=O) groups is 1. The number of ether oxygens (including phenoxy) is 1. The van der Waals surface area contributed by atoms with Gasteiger partial charge in [0.05, 0.1) is 12.0 Å². The second-order valence-electron chi connectivity index (χ2n) is 4.62. The predicted molar refractivity (Wildman–Crippen MR) is 70.9 cm³/mol. The summed E-state index contributed by atoms with van der Waals surface area (Å²) in [6, 6.07) is 9.59. The number of aliphatic hydroxyl groups excluding tert-OH is 1. The Labute approximate surface area is 109 Å². The molecule has 0 aromatic heterocycles. The van der Waals surface area contributed by atoms with Gasteiger partial charge in [0.2, 0.25) is 0 Å². The predicted octanol–water partition coefficient (Wildman–Crippen LogP) is 2.92. The summed E-state index contributed by atoms with van der Waals surface area (Å²) in [5, 5.41) is 9.04. The van der Waals surface area contributed by atoms with Gasteiger partial charge in [0, 0.05) is 0 Å². The van der Waals surface area contributed by atoms with Crippen molar-refractivity contribution in [2.75, 3.05) is 0 Å². The Hall–Kier alpha value is -1.35. The third-order valence-electron chi connectivity index (χ3n) is 2.67. The number of benzene rings is 1. The number of esters is 1. The summed E-state index contributed by atoms with van der Waals surface area (Å²) < 4.78 is 5.13. The fourth-order valence-corrected chi connectivity index (χ4v) is 1.63. The summed E-state index contributed by atoms with van der Waals surface area (Å²) in [4.78, 5) is 11.4. The molecule has 1 fully saturated rings. The van der Waals surface area contributed by atoms with Crippen LogP contribution in [0.4, 0.5) is 0 Å². The lowest BCUT2D eigenvalue weighted by molar-refractivity contribution is -0.157. The Morgan fingerprint density at radius 1 is 1.28 bits per heavy atom. The zero-order chi connectivity index (χ0) is 13.4. The standard InChI is InChI=1S/C12H14O3.C3H8/c13-11-6-10(7-11)12(14)15-8-9-4-2-1-3-5-9;1-3-2/h1-5,10-11,13H,6-8H2;3H2,1-2H3. The second kappa shape index (κ2) is 7.88. The van der Waals surface area contributed by atoms with Gasteiger partial charge < -0.3 is 9.84 Å². The van der Waals surface area contributed by atoms with Gasteiger partial charge in [-0.1, -0.05) is 50.6 Å². The molecule has 0 heterocycles. The average molecular weight is 250 g/mol. The molecule has 0 saturated heterocycles. The van der Waals surface area contributed by atoms with Gasteiger partial charge in [-0.25, -0.2) is 0 Å². The molecule has 1 aromatic rings. The maximum atomic E-state index is 11.4. The fourth-order valence-electron chi connectivity index (χ4n) is 1.63. The molecular formula is C15H22O3. The van der Waals surface area contributed by atoms with Crippen molar-refractivity contribution in [3.8, 4) is 0 Å². The van der Waals surface area contributed by atoms with Gasteiger partial charge >= 0.3 is 5.97 Å². The van der Waals surface area contributed by atoms with E-state index in [4.69, 9.17) is 9.84 Å². The smallest absolute Gasteiger partial charge is 0.309 e. The van der Waals surface area contributed by atoms with Crippen LogP contribution in [0.2, 0.25) is 0 Å². The van der Waals surface area contributed by atoms with Crippen molar-refractivity contribution in [2.24, 2.45) is 5.92 Å². The van der Waals surface area contributed by atoms with Crippen LogP contribution < -0.4 is 0 Å². The van der Waals surface area contributed by atoms with Crippen LogP contribution in [0.1, 0.15) is 38.7 Å². The Bertz CT molecular complexity index is 342. The highest BCUT2D eigenvalue weighted by Gasteiger charge is 2.34. The Morgan fingerprint density at radius 2 is 1.83 bits per heavy atom. The van der Waals surface area contributed by atoms with Crippen molar-refractivity contribution >= 4 is 5.97 Å². The average Bonchev–Trinajstić information content (AvgIpc) is 2.34. The van der Waals surface area contributed by atoms with Crippen LogP contribution in [0, 0.1) is 5.92 Å². The molecule has 0 radical (unpaired) electrons. The molecule has 0 aliphatic heterocycles. The zero-order valence-corrected chi connectivity index (χ0v) is 11.1. The fraction of sp³-hybridized carbons (Fsp3) is 0.533. The van der Waals surface area contributed by atoms with E-state index in [0.717, 1.165) is 5.56 Å².